The summed E-state index contributed by atoms with van der Waals surface area (Å²) in [7, 11) is 0. The van der Waals surface area contributed by atoms with Gasteiger partial charge in [-0.3, -0.25) is 25.0 Å². The number of imide groups is 1. The second-order valence-electron chi connectivity index (χ2n) is 3.84. The Morgan fingerprint density at radius 2 is 1.79 bits per heavy atom. The number of hydrogen-bond acceptors (Lipinski definition) is 4. The molecular weight excluding hydrogens is 184 g/mol. The first-order valence-corrected chi connectivity index (χ1v) is 4.51. The SMILES string of the molecule is O=C1C=CC2NC1C1C(=O)NC(=O)C21. The molecular formula is C9H8N2O3. The first kappa shape index (κ1) is 7.87. The Morgan fingerprint density at radius 1 is 1.07 bits per heavy atom. The summed E-state index contributed by atoms with van der Waals surface area (Å²) in [4.78, 5) is 34.2. The van der Waals surface area contributed by atoms with E-state index in [-0.39, 0.29) is 23.6 Å². The first-order valence-electron chi connectivity index (χ1n) is 4.51. The molecule has 3 rings (SSSR count). The fraction of sp³-hybridized carbons (Fsp3) is 0.444. The van der Waals surface area contributed by atoms with Gasteiger partial charge in [-0.1, -0.05) is 6.08 Å². The molecule has 0 aromatic carbocycles. The lowest BCUT2D eigenvalue weighted by Crippen LogP contribution is -2.44. The lowest BCUT2D eigenvalue weighted by molar-refractivity contribution is -0.128. The van der Waals surface area contributed by atoms with Crippen molar-refractivity contribution < 1.29 is 14.4 Å². The number of rotatable bonds is 0. The Kier molecular flexibility index (Phi) is 1.29. The molecule has 2 amide bonds. The van der Waals surface area contributed by atoms with Gasteiger partial charge in [0.25, 0.3) is 0 Å². The minimum Gasteiger partial charge on any atom is -0.299 e. The summed E-state index contributed by atoms with van der Waals surface area (Å²) < 4.78 is 0. The van der Waals surface area contributed by atoms with E-state index in [0.29, 0.717) is 0 Å². The van der Waals surface area contributed by atoms with Crippen LogP contribution in [-0.4, -0.2) is 29.7 Å². The van der Waals surface area contributed by atoms with Gasteiger partial charge in [-0.15, -0.1) is 0 Å². The minimum atomic E-state index is -0.505. The van der Waals surface area contributed by atoms with Crippen molar-refractivity contribution in [3.8, 4) is 0 Å². The molecule has 0 aromatic heterocycles. The van der Waals surface area contributed by atoms with Crippen molar-refractivity contribution in [1.82, 2.24) is 10.6 Å². The number of fused-ring (bicyclic) bond motifs is 5. The third-order valence-corrected chi connectivity index (χ3v) is 3.13. The van der Waals surface area contributed by atoms with Gasteiger partial charge in [0.1, 0.15) is 0 Å². The van der Waals surface area contributed by atoms with Crippen LogP contribution < -0.4 is 10.6 Å². The molecule has 14 heavy (non-hydrogen) atoms. The molecule has 0 radical (unpaired) electrons. The largest absolute Gasteiger partial charge is 0.299 e. The van der Waals surface area contributed by atoms with Gasteiger partial charge in [-0.05, 0) is 6.08 Å². The number of nitrogens with one attached hydrogen (secondary N) is 2. The Labute approximate surface area is 79.5 Å². The zero-order valence-corrected chi connectivity index (χ0v) is 7.19. The van der Waals surface area contributed by atoms with E-state index in [2.05, 4.69) is 10.6 Å². The summed E-state index contributed by atoms with van der Waals surface area (Å²) in [6.45, 7) is 0. The van der Waals surface area contributed by atoms with Crippen LogP contribution in [-0.2, 0) is 14.4 Å². The van der Waals surface area contributed by atoms with Crippen LogP contribution in [0.3, 0.4) is 0 Å². The predicted molar refractivity (Wildman–Crippen MR) is 45.0 cm³/mol. The van der Waals surface area contributed by atoms with Crippen LogP contribution in [0.25, 0.3) is 0 Å². The van der Waals surface area contributed by atoms with Gasteiger partial charge in [-0.2, -0.15) is 0 Å². The molecule has 5 nitrogen and oxygen atoms in total. The molecule has 5 heteroatoms. The highest BCUT2D eigenvalue weighted by Crippen LogP contribution is 2.35. The lowest BCUT2D eigenvalue weighted by Gasteiger charge is -2.16. The predicted octanol–water partition coefficient (Wildman–Crippen LogP) is -1.65. The molecule has 0 aliphatic carbocycles. The van der Waals surface area contributed by atoms with Crippen molar-refractivity contribution in [2.45, 2.75) is 12.1 Å². The van der Waals surface area contributed by atoms with Crippen molar-refractivity contribution in [3.63, 3.8) is 0 Å². The second kappa shape index (κ2) is 2.30. The Morgan fingerprint density at radius 3 is 2.57 bits per heavy atom. The van der Waals surface area contributed by atoms with E-state index in [0.717, 1.165) is 0 Å². The maximum absolute atomic E-state index is 11.4. The summed E-state index contributed by atoms with van der Waals surface area (Å²) in [5.74, 6) is -1.60. The average Bonchev–Trinajstić information content (AvgIpc) is 2.60. The molecule has 3 aliphatic heterocycles. The van der Waals surface area contributed by atoms with Crippen LogP contribution in [0.1, 0.15) is 0 Å². The summed E-state index contributed by atoms with van der Waals surface area (Å²) in [5, 5.41) is 5.25. The molecule has 4 atom stereocenters. The highest BCUT2D eigenvalue weighted by Gasteiger charge is 2.57. The van der Waals surface area contributed by atoms with E-state index in [9.17, 15) is 14.4 Å². The highest BCUT2D eigenvalue weighted by molar-refractivity contribution is 6.11. The van der Waals surface area contributed by atoms with Gasteiger partial charge in [0, 0.05) is 6.04 Å². The smallest absolute Gasteiger partial charge is 0.232 e. The lowest BCUT2D eigenvalue weighted by atomic mass is 9.90. The number of amides is 2. The summed E-state index contributed by atoms with van der Waals surface area (Å²) in [6.07, 6.45) is 3.13. The molecule has 2 saturated heterocycles. The van der Waals surface area contributed by atoms with E-state index >= 15 is 0 Å². The fourth-order valence-corrected chi connectivity index (χ4v) is 2.51. The maximum atomic E-state index is 11.4. The van der Waals surface area contributed by atoms with Crippen molar-refractivity contribution >= 4 is 17.6 Å². The molecule has 4 unspecified atom stereocenters. The zero-order valence-electron chi connectivity index (χ0n) is 7.19. The van der Waals surface area contributed by atoms with E-state index in [1.54, 1.807) is 6.08 Å². The topological polar surface area (TPSA) is 75.3 Å². The molecule has 0 saturated carbocycles. The summed E-state index contributed by atoms with van der Waals surface area (Å²) in [5.41, 5.74) is 0. The number of carbonyl (C=O) groups excluding carboxylic acids is 3. The third kappa shape index (κ3) is 0.754. The van der Waals surface area contributed by atoms with Gasteiger partial charge < -0.3 is 0 Å². The summed E-state index contributed by atoms with van der Waals surface area (Å²) in [6, 6.07) is -0.657. The number of hydrogen-bond donors (Lipinski definition) is 2. The maximum Gasteiger partial charge on any atom is 0.232 e. The zero-order chi connectivity index (χ0) is 9.87. The van der Waals surface area contributed by atoms with Gasteiger partial charge >= 0.3 is 0 Å². The molecule has 2 N–H and O–H groups in total. The van der Waals surface area contributed by atoms with Crippen LogP contribution in [0.5, 0.6) is 0 Å². The van der Waals surface area contributed by atoms with Gasteiger partial charge in [0.15, 0.2) is 5.78 Å². The van der Waals surface area contributed by atoms with Crippen molar-refractivity contribution in [2.75, 3.05) is 0 Å². The molecule has 3 aliphatic rings. The number of ketones is 1. The first-order chi connectivity index (χ1) is 6.68. The van der Waals surface area contributed by atoms with E-state index in [1.165, 1.54) is 6.08 Å². The average molecular weight is 192 g/mol. The Balaban J connectivity index is 2.09. The minimum absolute atomic E-state index is 0.112. The highest BCUT2D eigenvalue weighted by atomic mass is 16.2. The van der Waals surface area contributed by atoms with E-state index in [1.807, 2.05) is 0 Å². The van der Waals surface area contributed by atoms with Crippen LogP contribution in [0, 0.1) is 11.8 Å². The summed E-state index contributed by atoms with van der Waals surface area (Å²) >= 11 is 0. The van der Waals surface area contributed by atoms with Gasteiger partial charge in [0.05, 0.1) is 17.9 Å². The normalized spacial score (nSPS) is 44.1. The molecule has 72 valence electrons. The standard InChI is InChI=1S/C9H8N2O3/c12-4-2-1-3-5-6(7(4)10-3)9(14)11-8(5)13/h1-3,5-7,10H,(H,11,13,14). The third-order valence-electron chi connectivity index (χ3n) is 3.13. The van der Waals surface area contributed by atoms with Crippen molar-refractivity contribution in [1.29, 1.82) is 0 Å². The van der Waals surface area contributed by atoms with E-state index < -0.39 is 17.9 Å². The quantitative estimate of drug-likeness (QED) is 0.451. The van der Waals surface area contributed by atoms with Crippen molar-refractivity contribution in [2.24, 2.45) is 11.8 Å². The van der Waals surface area contributed by atoms with Crippen molar-refractivity contribution in [3.05, 3.63) is 12.2 Å². The molecule has 2 fully saturated rings. The van der Waals surface area contributed by atoms with Gasteiger partial charge in [0.2, 0.25) is 11.8 Å². The monoisotopic (exact) mass is 192 g/mol. The molecule has 3 heterocycles. The number of carbonyl (C=O) groups is 3. The van der Waals surface area contributed by atoms with Gasteiger partial charge in [-0.25, -0.2) is 0 Å². The molecule has 0 aromatic rings. The Hall–Kier alpha value is -1.49. The Bertz CT molecular complexity index is 388. The van der Waals surface area contributed by atoms with Crippen LogP contribution in [0.4, 0.5) is 0 Å². The van der Waals surface area contributed by atoms with Crippen LogP contribution >= 0.6 is 0 Å². The van der Waals surface area contributed by atoms with Crippen LogP contribution in [0.15, 0.2) is 12.2 Å². The van der Waals surface area contributed by atoms with E-state index in [4.69, 9.17) is 0 Å². The second-order valence-corrected chi connectivity index (χ2v) is 3.84. The molecule has 0 spiro atoms. The molecule has 2 bridgehead atoms. The fourth-order valence-electron chi connectivity index (χ4n) is 2.51. The van der Waals surface area contributed by atoms with Crippen LogP contribution in [0.2, 0.25) is 0 Å².